The molecule has 0 bridgehead atoms. The third kappa shape index (κ3) is 3.28. The van der Waals surface area contributed by atoms with Crippen LogP contribution >= 0.6 is 0 Å². The van der Waals surface area contributed by atoms with Gasteiger partial charge in [0.1, 0.15) is 0 Å². The second-order valence-electron chi connectivity index (χ2n) is 4.72. The van der Waals surface area contributed by atoms with E-state index in [-0.39, 0.29) is 12.6 Å². The minimum absolute atomic E-state index is 0.0202. The quantitative estimate of drug-likeness (QED) is 0.816. The minimum Gasteiger partial charge on any atom is -0.394 e. The Kier molecular flexibility index (Phi) is 4.54. The van der Waals surface area contributed by atoms with Crippen molar-refractivity contribution in [2.24, 2.45) is 5.92 Å². The standard InChI is InChI=1S/C14H21NO2/c1-11(13-7-8-17-10-13)15-14(9-16)12-5-3-2-4-6-12/h2-6,11,13-16H,7-10H2,1H3. The first kappa shape index (κ1) is 12.6. The van der Waals surface area contributed by atoms with Crippen LogP contribution in [0.5, 0.6) is 0 Å². The predicted molar refractivity (Wildman–Crippen MR) is 67.8 cm³/mol. The van der Waals surface area contributed by atoms with Gasteiger partial charge in [0.25, 0.3) is 0 Å². The van der Waals surface area contributed by atoms with Crippen LogP contribution in [-0.4, -0.2) is 31.0 Å². The molecule has 94 valence electrons. The van der Waals surface area contributed by atoms with Crippen molar-refractivity contribution in [2.75, 3.05) is 19.8 Å². The van der Waals surface area contributed by atoms with Gasteiger partial charge in [0, 0.05) is 12.6 Å². The van der Waals surface area contributed by atoms with Gasteiger partial charge in [-0.3, -0.25) is 0 Å². The summed E-state index contributed by atoms with van der Waals surface area (Å²) >= 11 is 0. The summed E-state index contributed by atoms with van der Waals surface area (Å²) in [5.41, 5.74) is 1.14. The van der Waals surface area contributed by atoms with Crippen LogP contribution in [0, 0.1) is 5.92 Å². The van der Waals surface area contributed by atoms with Crippen molar-refractivity contribution in [1.82, 2.24) is 5.32 Å². The van der Waals surface area contributed by atoms with Crippen molar-refractivity contribution >= 4 is 0 Å². The molecule has 0 radical (unpaired) electrons. The fourth-order valence-electron chi connectivity index (χ4n) is 2.34. The van der Waals surface area contributed by atoms with Crippen molar-refractivity contribution in [3.63, 3.8) is 0 Å². The molecule has 1 fully saturated rings. The van der Waals surface area contributed by atoms with Crippen LogP contribution in [0.4, 0.5) is 0 Å². The molecule has 2 N–H and O–H groups in total. The van der Waals surface area contributed by atoms with Gasteiger partial charge in [0.05, 0.1) is 19.3 Å². The van der Waals surface area contributed by atoms with Crippen molar-refractivity contribution in [1.29, 1.82) is 0 Å². The lowest BCUT2D eigenvalue weighted by Crippen LogP contribution is -2.38. The fraction of sp³-hybridized carbons (Fsp3) is 0.571. The summed E-state index contributed by atoms with van der Waals surface area (Å²) in [6.07, 6.45) is 1.11. The smallest absolute Gasteiger partial charge is 0.0626 e. The van der Waals surface area contributed by atoms with E-state index in [0.717, 1.165) is 25.2 Å². The van der Waals surface area contributed by atoms with Gasteiger partial charge in [0.2, 0.25) is 0 Å². The van der Waals surface area contributed by atoms with Crippen molar-refractivity contribution < 1.29 is 9.84 Å². The molecule has 1 aliphatic heterocycles. The third-order valence-electron chi connectivity index (χ3n) is 3.52. The molecule has 0 aliphatic carbocycles. The number of benzene rings is 1. The molecule has 3 nitrogen and oxygen atoms in total. The van der Waals surface area contributed by atoms with E-state index in [0.29, 0.717) is 12.0 Å². The first-order valence-electron chi connectivity index (χ1n) is 6.31. The molecule has 1 aromatic carbocycles. The molecule has 1 aliphatic rings. The molecule has 3 heteroatoms. The molecule has 1 saturated heterocycles. The fourth-order valence-corrected chi connectivity index (χ4v) is 2.34. The SMILES string of the molecule is CC(NC(CO)c1ccccc1)C1CCOC1. The molecular weight excluding hydrogens is 214 g/mol. The molecule has 0 spiro atoms. The van der Waals surface area contributed by atoms with E-state index >= 15 is 0 Å². The van der Waals surface area contributed by atoms with Crippen LogP contribution in [0.25, 0.3) is 0 Å². The van der Waals surface area contributed by atoms with E-state index in [2.05, 4.69) is 12.2 Å². The molecule has 17 heavy (non-hydrogen) atoms. The predicted octanol–water partition coefficient (Wildman–Crippen LogP) is 1.73. The van der Waals surface area contributed by atoms with Crippen LogP contribution in [-0.2, 0) is 4.74 Å². The van der Waals surface area contributed by atoms with Gasteiger partial charge in [-0.15, -0.1) is 0 Å². The number of hydrogen-bond donors (Lipinski definition) is 2. The third-order valence-corrected chi connectivity index (χ3v) is 3.52. The van der Waals surface area contributed by atoms with E-state index in [1.54, 1.807) is 0 Å². The second kappa shape index (κ2) is 6.15. The zero-order valence-electron chi connectivity index (χ0n) is 10.3. The van der Waals surface area contributed by atoms with E-state index in [9.17, 15) is 5.11 Å². The molecule has 0 saturated carbocycles. The Balaban J connectivity index is 1.95. The Morgan fingerprint density at radius 3 is 2.76 bits per heavy atom. The Hall–Kier alpha value is -0.900. The number of hydrogen-bond acceptors (Lipinski definition) is 3. The lowest BCUT2D eigenvalue weighted by molar-refractivity contribution is 0.170. The molecule has 0 amide bonds. The van der Waals surface area contributed by atoms with Crippen molar-refractivity contribution in [3.8, 4) is 0 Å². The number of ether oxygens (including phenoxy) is 1. The Morgan fingerprint density at radius 2 is 2.18 bits per heavy atom. The van der Waals surface area contributed by atoms with Gasteiger partial charge in [-0.2, -0.15) is 0 Å². The molecule has 1 aromatic rings. The molecule has 0 aromatic heterocycles. The zero-order valence-corrected chi connectivity index (χ0v) is 10.3. The molecular formula is C14H21NO2. The second-order valence-corrected chi connectivity index (χ2v) is 4.72. The highest BCUT2D eigenvalue weighted by molar-refractivity contribution is 5.19. The monoisotopic (exact) mass is 235 g/mol. The first-order chi connectivity index (χ1) is 8.31. The number of nitrogens with one attached hydrogen (secondary N) is 1. The maximum absolute atomic E-state index is 9.48. The molecule has 3 atom stereocenters. The van der Waals surface area contributed by atoms with E-state index in [1.807, 2.05) is 30.3 Å². The van der Waals surface area contributed by atoms with E-state index in [4.69, 9.17) is 4.74 Å². The molecule has 1 heterocycles. The summed E-state index contributed by atoms with van der Waals surface area (Å²) in [6.45, 7) is 4.00. The number of rotatable bonds is 5. The van der Waals surface area contributed by atoms with E-state index in [1.165, 1.54) is 0 Å². The van der Waals surface area contributed by atoms with Crippen LogP contribution in [0.2, 0.25) is 0 Å². The van der Waals surface area contributed by atoms with Gasteiger partial charge in [-0.05, 0) is 24.8 Å². The number of aliphatic hydroxyl groups excluding tert-OH is 1. The Bertz CT molecular complexity index is 322. The van der Waals surface area contributed by atoms with Gasteiger partial charge >= 0.3 is 0 Å². The van der Waals surface area contributed by atoms with Crippen LogP contribution in [0.1, 0.15) is 24.9 Å². The van der Waals surface area contributed by atoms with Crippen molar-refractivity contribution in [3.05, 3.63) is 35.9 Å². The number of aliphatic hydroxyl groups is 1. The summed E-state index contributed by atoms with van der Waals surface area (Å²) in [5, 5.41) is 13.0. The summed E-state index contributed by atoms with van der Waals surface area (Å²) in [5.74, 6) is 0.563. The normalized spacial score (nSPS) is 23.5. The summed E-state index contributed by atoms with van der Waals surface area (Å²) in [4.78, 5) is 0. The average molecular weight is 235 g/mol. The lowest BCUT2D eigenvalue weighted by Gasteiger charge is -2.25. The van der Waals surface area contributed by atoms with Gasteiger partial charge in [-0.25, -0.2) is 0 Å². The summed E-state index contributed by atoms with van der Waals surface area (Å²) < 4.78 is 5.40. The summed E-state index contributed by atoms with van der Waals surface area (Å²) in [6, 6.07) is 10.5. The molecule has 3 unspecified atom stereocenters. The highest BCUT2D eigenvalue weighted by Crippen LogP contribution is 2.20. The molecule has 2 rings (SSSR count). The van der Waals surface area contributed by atoms with Gasteiger partial charge in [0.15, 0.2) is 0 Å². The highest BCUT2D eigenvalue weighted by atomic mass is 16.5. The zero-order chi connectivity index (χ0) is 12.1. The van der Waals surface area contributed by atoms with Crippen LogP contribution in [0.3, 0.4) is 0 Å². The lowest BCUT2D eigenvalue weighted by atomic mass is 9.98. The average Bonchev–Trinajstić information content (AvgIpc) is 2.90. The largest absolute Gasteiger partial charge is 0.394 e. The topological polar surface area (TPSA) is 41.5 Å². The Labute approximate surface area is 103 Å². The van der Waals surface area contributed by atoms with Gasteiger partial charge < -0.3 is 15.2 Å². The van der Waals surface area contributed by atoms with Crippen LogP contribution in [0.15, 0.2) is 30.3 Å². The maximum Gasteiger partial charge on any atom is 0.0626 e. The van der Waals surface area contributed by atoms with Crippen LogP contribution < -0.4 is 5.32 Å². The Morgan fingerprint density at radius 1 is 1.41 bits per heavy atom. The van der Waals surface area contributed by atoms with E-state index < -0.39 is 0 Å². The van der Waals surface area contributed by atoms with Gasteiger partial charge in [-0.1, -0.05) is 30.3 Å². The van der Waals surface area contributed by atoms with Crippen molar-refractivity contribution in [2.45, 2.75) is 25.4 Å². The first-order valence-corrected chi connectivity index (χ1v) is 6.31. The maximum atomic E-state index is 9.48. The summed E-state index contributed by atoms with van der Waals surface area (Å²) in [7, 11) is 0. The minimum atomic E-state index is 0.0202. The highest BCUT2D eigenvalue weighted by Gasteiger charge is 2.24.